The van der Waals surface area contributed by atoms with E-state index >= 15 is 0 Å². The predicted octanol–water partition coefficient (Wildman–Crippen LogP) is 2.12. The highest BCUT2D eigenvalue weighted by molar-refractivity contribution is 7.84. The van der Waals surface area contributed by atoms with Gasteiger partial charge in [0.1, 0.15) is 0 Å². The lowest BCUT2D eigenvalue weighted by molar-refractivity contribution is -0.131. The summed E-state index contributed by atoms with van der Waals surface area (Å²) in [7, 11) is -0.811. The third kappa shape index (κ3) is 3.86. The van der Waals surface area contributed by atoms with Crippen molar-refractivity contribution in [3.63, 3.8) is 0 Å². The lowest BCUT2D eigenvalue weighted by Crippen LogP contribution is -2.43. The van der Waals surface area contributed by atoms with Gasteiger partial charge in [-0.15, -0.1) is 0 Å². The molecule has 2 rings (SSSR count). The zero-order valence-electron chi connectivity index (χ0n) is 13.8. The zero-order chi connectivity index (χ0) is 15.6. The molecule has 2 aliphatic rings. The van der Waals surface area contributed by atoms with Gasteiger partial charge in [-0.25, -0.2) is 0 Å². The number of rotatable bonds is 6. The summed E-state index contributed by atoms with van der Waals surface area (Å²) < 4.78 is 11.5. The SMILES string of the molecule is CC(C)C1NC(C2CCCC2)N(CCC(C)S(C)=O)C1=O. The summed E-state index contributed by atoms with van der Waals surface area (Å²) in [5.41, 5.74) is 0. The van der Waals surface area contributed by atoms with E-state index in [1.807, 2.05) is 11.8 Å². The first kappa shape index (κ1) is 16.9. The third-order valence-corrected chi connectivity index (χ3v) is 6.46. The summed E-state index contributed by atoms with van der Waals surface area (Å²) in [5.74, 6) is 1.17. The molecule has 1 saturated carbocycles. The normalized spacial score (nSPS) is 30.3. The average molecular weight is 314 g/mol. The number of carbonyl (C=O) groups excluding carboxylic acids is 1. The van der Waals surface area contributed by atoms with E-state index in [2.05, 4.69) is 19.2 Å². The fourth-order valence-electron chi connectivity index (χ4n) is 3.54. The molecule has 0 aromatic carbocycles. The third-order valence-electron chi connectivity index (χ3n) is 5.09. The summed E-state index contributed by atoms with van der Waals surface area (Å²) in [5, 5.41) is 3.74. The molecule has 2 fully saturated rings. The van der Waals surface area contributed by atoms with Gasteiger partial charge >= 0.3 is 0 Å². The molecule has 4 unspecified atom stereocenters. The van der Waals surface area contributed by atoms with Crippen LogP contribution in [0.2, 0.25) is 0 Å². The smallest absolute Gasteiger partial charge is 0.241 e. The van der Waals surface area contributed by atoms with Gasteiger partial charge in [0.2, 0.25) is 5.91 Å². The molecule has 122 valence electrons. The van der Waals surface area contributed by atoms with Gasteiger partial charge in [-0.1, -0.05) is 33.6 Å². The first-order chi connectivity index (χ1) is 9.91. The van der Waals surface area contributed by atoms with Crippen molar-refractivity contribution in [3.8, 4) is 0 Å². The van der Waals surface area contributed by atoms with Crippen molar-refractivity contribution in [2.45, 2.75) is 70.3 Å². The Morgan fingerprint density at radius 1 is 1.29 bits per heavy atom. The van der Waals surface area contributed by atoms with E-state index in [4.69, 9.17) is 0 Å². The average Bonchev–Trinajstić information content (AvgIpc) is 3.03. The van der Waals surface area contributed by atoms with Crippen LogP contribution in [0.5, 0.6) is 0 Å². The summed E-state index contributed by atoms with van der Waals surface area (Å²) in [6.07, 6.45) is 7.79. The summed E-state index contributed by atoms with van der Waals surface area (Å²) >= 11 is 0. The molecule has 4 atom stereocenters. The molecule has 1 saturated heterocycles. The standard InChI is InChI=1S/C16H30N2O2S/c1-11(2)14-16(19)18(10-9-12(3)21(4)20)15(17-14)13-7-5-6-8-13/h11-15,17H,5-10H2,1-4H3. The number of carbonyl (C=O) groups is 1. The highest BCUT2D eigenvalue weighted by Gasteiger charge is 2.43. The minimum Gasteiger partial charge on any atom is -0.325 e. The Balaban J connectivity index is 2.05. The fraction of sp³-hybridized carbons (Fsp3) is 0.938. The van der Waals surface area contributed by atoms with Gasteiger partial charge in [0.05, 0.1) is 12.2 Å². The van der Waals surface area contributed by atoms with Crippen molar-refractivity contribution in [3.05, 3.63) is 0 Å². The summed E-state index contributed by atoms with van der Waals surface area (Å²) in [4.78, 5) is 14.7. The van der Waals surface area contributed by atoms with Crippen LogP contribution in [0.25, 0.3) is 0 Å². The number of hydrogen-bond donors (Lipinski definition) is 1. The number of nitrogens with one attached hydrogen (secondary N) is 1. The van der Waals surface area contributed by atoms with Crippen LogP contribution in [0.4, 0.5) is 0 Å². The maximum atomic E-state index is 12.7. The van der Waals surface area contributed by atoms with E-state index in [0.717, 1.165) is 13.0 Å². The van der Waals surface area contributed by atoms with Crippen molar-refractivity contribution >= 4 is 16.7 Å². The van der Waals surface area contributed by atoms with Crippen LogP contribution in [0.15, 0.2) is 0 Å². The van der Waals surface area contributed by atoms with Gasteiger partial charge in [0.15, 0.2) is 0 Å². The van der Waals surface area contributed by atoms with E-state index in [1.165, 1.54) is 25.7 Å². The molecule has 1 aliphatic carbocycles. The van der Waals surface area contributed by atoms with E-state index < -0.39 is 10.8 Å². The Bertz CT molecular complexity index is 394. The highest BCUT2D eigenvalue weighted by Crippen LogP contribution is 2.33. The van der Waals surface area contributed by atoms with Crippen LogP contribution in [-0.4, -0.2) is 45.3 Å². The van der Waals surface area contributed by atoms with Crippen molar-refractivity contribution in [1.29, 1.82) is 0 Å². The van der Waals surface area contributed by atoms with E-state index in [-0.39, 0.29) is 23.4 Å². The van der Waals surface area contributed by atoms with Crippen LogP contribution in [0, 0.1) is 11.8 Å². The molecule has 4 nitrogen and oxygen atoms in total. The fourth-order valence-corrected chi connectivity index (χ4v) is 3.98. The first-order valence-electron chi connectivity index (χ1n) is 8.30. The van der Waals surface area contributed by atoms with Gasteiger partial charge in [-0.05, 0) is 31.1 Å². The lowest BCUT2D eigenvalue weighted by atomic mass is 10.0. The van der Waals surface area contributed by atoms with Crippen molar-refractivity contribution in [2.75, 3.05) is 12.8 Å². The van der Waals surface area contributed by atoms with Crippen LogP contribution in [0.3, 0.4) is 0 Å². The van der Waals surface area contributed by atoms with Crippen molar-refractivity contribution < 1.29 is 9.00 Å². The summed E-state index contributed by atoms with van der Waals surface area (Å²) in [6, 6.07) is -0.0435. The largest absolute Gasteiger partial charge is 0.325 e. The second-order valence-corrected chi connectivity index (χ2v) is 8.81. The summed E-state index contributed by atoms with van der Waals surface area (Å²) in [6.45, 7) is 6.95. The first-order valence-corrected chi connectivity index (χ1v) is 9.92. The lowest BCUT2D eigenvalue weighted by Gasteiger charge is -2.29. The monoisotopic (exact) mass is 314 g/mol. The highest BCUT2D eigenvalue weighted by atomic mass is 32.2. The zero-order valence-corrected chi connectivity index (χ0v) is 14.6. The molecule has 21 heavy (non-hydrogen) atoms. The number of hydrogen-bond acceptors (Lipinski definition) is 3. The quantitative estimate of drug-likeness (QED) is 0.817. The molecule has 1 aliphatic heterocycles. The van der Waals surface area contributed by atoms with Crippen LogP contribution in [-0.2, 0) is 15.6 Å². The maximum Gasteiger partial charge on any atom is 0.241 e. The molecule has 0 spiro atoms. The molecular formula is C16H30N2O2S. The Morgan fingerprint density at radius 3 is 2.43 bits per heavy atom. The van der Waals surface area contributed by atoms with Gasteiger partial charge in [0, 0.05) is 28.9 Å². The molecule has 1 N–H and O–H groups in total. The molecule has 5 heteroatoms. The topological polar surface area (TPSA) is 49.4 Å². The predicted molar refractivity (Wildman–Crippen MR) is 87.4 cm³/mol. The second kappa shape index (κ2) is 7.23. The number of nitrogens with zero attached hydrogens (tertiary/aromatic N) is 1. The molecule has 1 amide bonds. The Hall–Kier alpha value is -0.420. The van der Waals surface area contributed by atoms with Crippen LogP contribution < -0.4 is 5.32 Å². The van der Waals surface area contributed by atoms with Gasteiger partial charge in [-0.3, -0.25) is 14.3 Å². The minimum atomic E-state index is -0.811. The van der Waals surface area contributed by atoms with E-state index in [0.29, 0.717) is 11.8 Å². The Labute approximate surface area is 131 Å². The van der Waals surface area contributed by atoms with E-state index in [9.17, 15) is 9.00 Å². The number of amides is 1. The van der Waals surface area contributed by atoms with Crippen LogP contribution in [0.1, 0.15) is 52.9 Å². The van der Waals surface area contributed by atoms with Gasteiger partial charge in [-0.2, -0.15) is 0 Å². The van der Waals surface area contributed by atoms with Crippen molar-refractivity contribution in [2.24, 2.45) is 11.8 Å². The van der Waals surface area contributed by atoms with Crippen LogP contribution >= 0.6 is 0 Å². The molecule has 0 aromatic heterocycles. The van der Waals surface area contributed by atoms with Crippen molar-refractivity contribution in [1.82, 2.24) is 10.2 Å². The Kier molecular flexibility index (Phi) is 5.83. The Morgan fingerprint density at radius 2 is 1.90 bits per heavy atom. The molecule has 1 heterocycles. The molecule has 0 bridgehead atoms. The maximum absolute atomic E-state index is 12.7. The van der Waals surface area contributed by atoms with Gasteiger partial charge in [0.25, 0.3) is 0 Å². The van der Waals surface area contributed by atoms with E-state index in [1.54, 1.807) is 6.26 Å². The molecule has 0 radical (unpaired) electrons. The van der Waals surface area contributed by atoms with Gasteiger partial charge < -0.3 is 4.90 Å². The minimum absolute atomic E-state index is 0.0435. The molecular weight excluding hydrogens is 284 g/mol. The second-order valence-electron chi connectivity index (χ2n) is 7.01. The molecule has 0 aromatic rings.